The molecule has 0 saturated carbocycles. The molecule has 0 bridgehead atoms. The highest BCUT2D eigenvalue weighted by atomic mass is 32.2. The predicted molar refractivity (Wildman–Crippen MR) is 84.6 cm³/mol. The van der Waals surface area contributed by atoms with Gasteiger partial charge in [-0.1, -0.05) is 19.1 Å². The lowest BCUT2D eigenvalue weighted by atomic mass is 9.99. The van der Waals surface area contributed by atoms with Crippen LogP contribution in [0.1, 0.15) is 31.9 Å². The SMILES string of the molecule is CCSC(C)NC1=C(c2cccc(C(F)(F)F)c2)C(=O)C(C)O1. The number of nitrogens with one attached hydrogen (secondary N) is 1. The predicted octanol–water partition coefficient (Wildman–Crippen LogP) is 4.05. The number of halogens is 3. The number of carbonyl (C=O) groups excluding carboxylic acids is 1. The number of rotatable bonds is 5. The Morgan fingerprint density at radius 2 is 2.09 bits per heavy atom. The number of carbonyl (C=O) groups is 1. The molecule has 1 aromatic carbocycles. The Bertz CT molecular complexity index is 628. The number of Topliss-reactive ketones (excluding diaryl/α,β-unsaturated/α-hetero) is 1. The van der Waals surface area contributed by atoms with Crippen LogP contribution in [-0.2, 0) is 15.7 Å². The number of hydrogen-bond donors (Lipinski definition) is 1. The molecule has 0 spiro atoms. The molecule has 1 heterocycles. The minimum atomic E-state index is -4.45. The van der Waals surface area contributed by atoms with Crippen LogP contribution in [-0.4, -0.2) is 23.0 Å². The summed E-state index contributed by atoms with van der Waals surface area (Å²) in [5, 5.41) is 3.05. The van der Waals surface area contributed by atoms with Gasteiger partial charge in [-0.3, -0.25) is 4.79 Å². The van der Waals surface area contributed by atoms with Crippen LogP contribution in [0.15, 0.2) is 30.1 Å². The number of hydrogen-bond acceptors (Lipinski definition) is 4. The van der Waals surface area contributed by atoms with Gasteiger partial charge in [0.2, 0.25) is 5.78 Å². The molecule has 0 saturated heterocycles. The Morgan fingerprint density at radius 3 is 2.70 bits per heavy atom. The summed E-state index contributed by atoms with van der Waals surface area (Å²) in [5.74, 6) is 0.792. The average Bonchev–Trinajstić information content (AvgIpc) is 2.73. The van der Waals surface area contributed by atoms with Crippen LogP contribution in [0.25, 0.3) is 5.57 Å². The minimum absolute atomic E-state index is 0.0195. The van der Waals surface area contributed by atoms with E-state index in [0.717, 1.165) is 17.9 Å². The molecule has 2 rings (SSSR count). The van der Waals surface area contributed by atoms with E-state index >= 15 is 0 Å². The summed E-state index contributed by atoms with van der Waals surface area (Å²) >= 11 is 1.61. The van der Waals surface area contributed by atoms with Gasteiger partial charge in [-0.05, 0) is 37.3 Å². The maximum Gasteiger partial charge on any atom is 0.416 e. The number of alkyl halides is 3. The molecule has 1 aromatic rings. The molecule has 0 radical (unpaired) electrons. The van der Waals surface area contributed by atoms with Gasteiger partial charge in [-0.15, -0.1) is 11.8 Å². The van der Waals surface area contributed by atoms with Crippen molar-refractivity contribution in [2.75, 3.05) is 5.75 Å². The first kappa shape index (κ1) is 17.7. The summed E-state index contributed by atoms with van der Waals surface area (Å²) < 4.78 is 44.2. The van der Waals surface area contributed by atoms with Crippen molar-refractivity contribution in [3.63, 3.8) is 0 Å². The van der Waals surface area contributed by atoms with E-state index in [9.17, 15) is 18.0 Å². The van der Waals surface area contributed by atoms with Gasteiger partial charge in [-0.2, -0.15) is 13.2 Å². The van der Waals surface area contributed by atoms with E-state index in [1.54, 1.807) is 18.7 Å². The Balaban J connectivity index is 2.41. The van der Waals surface area contributed by atoms with E-state index in [4.69, 9.17) is 4.74 Å². The summed E-state index contributed by atoms with van der Waals surface area (Å²) in [6.45, 7) is 5.48. The molecule has 23 heavy (non-hydrogen) atoms. The fourth-order valence-corrected chi connectivity index (χ4v) is 3.00. The van der Waals surface area contributed by atoms with Crippen molar-refractivity contribution in [3.8, 4) is 0 Å². The van der Waals surface area contributed by atoms with E-state index in [1.807, 2.05) is 13.8 Å². The highest BCUT2D eigenvalue weighted by Crippen LogP contribution is 2.34. The smallest absolute Gasteiger partial charge is 0.416 e. The molecule has 0 aromatic heterocycles. The van der Waals surface area contributed by atoms with E-state index < -0.39 is 17.8 Å². The van der Waals surface area contributed by atoms with Crippen molar-refractivity contribution < 1.29 is 22.7 Å². The molecule has 1 aliphatic heterocycles. The van der Waals surface area contributed by atoms with E-state index in [0.29, 0.717) is 0 Å². The van der Waals surface area contributed by atoms with Crippen LogP contribution in [0.2, 0.25) is 0 Å². The number of benzene rings is 1. The number of ether oxygens (including phenoxy) is 1. The third kappa shape index (κ3) is 4.02. The molecule has 3 nitrogen and oxygen atoms in total. The maximum atomic E-state index is 12.9. The van der Waals surface area contributed by atoms with Crippen LogP contribution >= 0.6 is 11.8 Å². The fourth-order valence-electron chi connectivity index (χ4n) is 2.31. The maximum absolute atomic E-state index is 12.9. The number of ketones is 1. The Labute approximate surface area is 137 Å². The summed E-state index contributed by atoms with van der Waals surface area (Å²) in [7, 11) is 0. The third-order valence-corrected chi connectivity index (χ3v) is 4.32. The van der Waals surface area contributed by atoms with Crippen LogP contribution in [0.3, 0.4) is 0 Å². The summed E-state index contributed by atoms with van der Waals surface area (Å²) in [6.07, 6.45) is -5.16. The van der Waals surface area contributed by atoms with Gasteiger partial charge in [-0.25, -0.2) is 0 Å². The topological polar surface area (TPSA) is 38.3 Å². The first-order valence-corrected chi connectivity index (χ1v) is 8.29. The lowest BCUT2D eigenvalue weighted by Gasteiger charge is -2.16. The molecular weight excluding hydrogens is 327 g/mol. The lowest BCUT2D eigenvalue weighted by molar-refractivity contribution is -0.137. The van der Waals surface area contributed by atoms with Crippen molar-refractivity contribution in [2.24, 2.45) is 0 Å². The second kappa shape index (κ2) is 6.86. The summed E-state index contributed by atoms with van der Waals surface area (Å²) in [5.41, 5.74) is -0.400. The van der Waals surface area contributed by atoms with Crippen LogP contribution in [0.5, 0.6) is 0 Å². The van der Waals surface area contributed by atoms with Gasteiger partial charge >= 0.3 is 6.18 Å². The van der Waals surface area contributed by atoms with Crippen molar-refractivity contribution in [1.82, 2.24) is 5.32 Å². The van der Waals surface area contributed by atoms with Crippen molar-refractivity contribution in [3.05, 3.63) is 41.3 Å². The molecule has 2 unspecified atom stereocenters. The Hall–Kier alpha value is -1.63. The molecular formula is C16H18F3NO2S. The molecule has 0 aliphatic carbocycles. The van der Waals surface area contributed by atoms with Gasteiger partial charge in [0.1, 0.15) is 0 Å². The molecule has 1 aliphatic rings. The molecule has 0 fully saturated rings. The Kier molecular flexibility index (Phi) is 5.29. The minimum Gasteiger partial charge on any atom is -0.467 e. The van der Waals surface area contributed by atoms with E-state index in [-0.39, 0.29) is 28.2 Å². The zero-order chi connectivity index (χ0) is 17.2. The van der Waals surface area contributed by atoms with Gasteiger partial charge in [0, 0.05) is 0 Å². The first-order chi connectivity index (χ1) is 10.7. The van der Waals surface area contributed by atoms with Gasteiger partial charge in [0.25, 0.3) is 0 Å². The molecule has 0 amide bonds. The average molecular weight is 345 g/mol. The quantitative estimate of drug-likeness (QED) is 0.817. The second-order valence-electron chi connectivity index (χ2n) is 5.15. The molecule has 7 heteroatoms. The van der Waals surface area contributed by atoms with Crippen molar-refractivity contribution >= 4 is 23.1 Å². The van der Waals surface area contributed by atoms with Crippen molar-refractivity contribution in [2.45, 2.75) is 38.4 Å². The Morgan fingerprint density at radius 1 is 1.39 bits per heavy atom. The lowest BCUT2D eigenvalue weighted by Crippen LogP contribution is -2.24. The zero-order valence-corrected chi connectivity index (χ0v) is 13.8. The second-order valence-corrected chi connectivity index (χ2v) is 6.77. The highest BCUT2D eigenvalue weighted by Gasteiger charge is 2.36. The molecule has 2 atom stereocenters. The number of thioether (sulfide) groups is 1. The van der Waals surface area contributed by atoms with E-state index in [1.165, 1.54) is 12.1 Å². The largest absolute Gasteiger partial charge is 0.467 e. The van der Waals surface area contributed by atoms with Gasteiger partial charge in [0.05, 0.1) is 16.5 Å². The highest BCUT2D eigenvalue weighted by molar-refractivity contribution is 7.99. The zero-order valence-electron chi connectivity index (χ0n) is 13.0. The van der Waals surface area contributed by atoms with Crippen molar-refractivity contribution in [1.29, 1.82) is 0 Å². The molecule has 1 N–H and O–H groups in total. The standard InChI is InChI=1S/C16H18F3NO2S/c1-4-23-10(3)20-15-13(14(21)9(2)22-15)11-6-5-7-12(8-11)16(17,18)19/h5-10,20H,4H2,1-3H3. The van der Waals surface area contributed by atoms with Crippen LogP contribution in [0, 0.1) is 0 Å². The normalized spacial score (nSPS) is 19.7. The van der Waals surface area contributed by atoms with Crippen LogP contribution in [0.4, 0.5) is 13.2 Å². The van der Waals surface area contributed by atoms with E-state index in [2.05, 4.69) is 5.32 Å². The third-order valence-electron chi connectivity index (χ3n) is 3.37. The first-order valence-electron chi connectivity index (χ1n) is 7.25. The summed E-state index contributed by atoms with van der Waals surface area (Å²) in [6, 6.07) is 4.75. The fraction of sp³-hybridized carbons (Fsp3) is 0.438. The molecule has 126 valence electrons. The van der Waals surface area contributed by atoms with Crippen LogP contribution < -0.4 is 5.32 Å². The monoisotopic (exact) mass is 345 g/mol. The van der Waals surface area contributed by atoms with Gasteiger partial charge in [0.15, 0.2) is 12.0 Å². The summed E-state index contributed by atoms with van der Waals surface area (Å²) in [4.78, 5) is 12.3. The van der Waals surface area contributed by atoms with Gasteiger partial charge < -0.3 is 10.1 Å².